The van der Waals surface area contributed by atoms with Crippen LogP contribution in [0.3, 0.4) is 0 Å². The molecule has 0 bridgehead atoms. The Bertz CT molecular complexity index is 283. The number of hydrogen-bond acceptors (Lipinski definition) is 3. The van der Waals surface area contributed by atoms with E-state index >= 15 is 0 Å². The third-order valence-corrected chi connectivity index (χ3v) is 4.43. The number of carboxylic acid groups (broad SMARTS) is 1. The molecule has 98 valence electrons. The lowest BCUT2D eigenvalue weighted by Gasteiger charge is -2.34. The first-order valence-electron chi connectivity index (χ1n) is 6.09. The number of amides is 1. The van der Waals surface area contributed by atoms with Crippen molar-refractivity contribution in [1.82, 2.24) is 5.32 Å². The Kier molecular flexibility index (Phi) is 5.82. The highest BCUT2D eigenvalue weighted by molar-refractivity contribution is 8.00. The summed E-state index contributed by atoms with van der Waals surface area (Å²) >= 11 is 1.15. The van der Waals surface area contributed by atoms with Crippen LogP contribution in [0.1, 0.15) is 33.1 Å². The summed E-state index contributed by atoms with van der Waals surface area (Å²) in [6.07, 6.45) is 3.45. The van der Waals surface area contributed by atoms with Crippen molar-refractivity contribution in [2.75, 3.05) is 11.5 Å². The van der Waals surface area contributed by atoms with Crippen molar-refractivity contribution in [2.45, 2.75) is 39.2 Å². The van der Waals surface area contributed by atoms with E-state index in [2.05, 4.69) is 19.2 Å². The van der Waals surface area contributed by atoms with Gasteiger partial charge in [-0.25, -0.2) is 0 Å². The Hall–Kier alpha value is -0.710. The monoisotopic (exact) mass is 259 g/mol. The zero-order chi connectivity index (χ0) is 12.8. The topological polar surface area (TPSA) is 66.4 Å². The average Bonchev–Trinajstić information content (AvgIpc) is 2.24. The molecule has 1 aliphatic rings. The fraction of sp³-hybridized carbons (Fsp3) is 0.833. The highest BCUT2D eigenvalue weighted by Crippen LogP contribution is 2.29. The number of carbonyl (C=O) groups excluding carboxylic acids is 1. The first-order chi connectivity index (χ1) is 8.00. The first kappa shape index (κ1) is 14.4. The Morgan fingerprint density at radius 3 is 2.65 bits per heavy atom. The van der Waals surface area contributed by atoms with Crippen molar-refractivity contribution < 1.29 is 14.7 Å². The summed E-state index contributed by atoms with van der Waals surface area (Å²) in [6.45, 7) is 4.40. The van der Waals surface area contributed by atoms with Gasteiger partial charge >= 0.3 is 5.97 Å². The highest BCUT2D eigenvalue weighted by atomic mass is 32.2. The minimum atomic E-state index is -0.873. The number of rotatable bonds is 5. The van der Waals surface area contributed by atoms with Crippen LogP contribution in [0.15, 0.2) is 0 Å². The maximum Gasteiger partial charge on any atom is 0.313 e. The lowest BCUT2D eigenvalue weighted by Crippen LogP contribution is -2.44. The third kappa shape index (κ3) is 4.98. The first-order valence-corrected chi connectivity index (χ1v) is 7.25. The summed E-state index contributed by atoms with van der Waals surface area (Å²) in [4.78, 5) is 21.9. The molecule has 1 fully saturated rings. The molecule has 0 unspecified atom stereocenters. The van der Waals surface area contributed by atoms with Crippen LogP contribution in [0, 0.1) is 11.8 Å². The molecule has 1 aliphatic carbocycles. The van der Waals surface area contributed by atoms with Gasteiger partial charge in [-0.1, -0.05) is 26.7 Å². The Balaban J connectivity index is 2.27. The molecule has 0 heterocycles. The molecule has 1 rings (SSSR count). The average molecular weight is 259 g/mol. The standard InChI is InChI=1S/C12H21NO3S/c1-8-4-3-5-10(9(8)2)13-11(14)6-17-7-12(15)16/h8-10H,3-7H2,1-2H3,(H,13,14)(H,15,16)/t8-,9+,10-/m0/s1. The maximum atomic E-state index is 11.6. The van der Waals surface area contributed by atoms with E-state index in [9.17, 15) is 9.59 Å². The molecule has 0 aliphatic heterocycles. The fourth-order valence-electron chi connectivity index (χ4n) is 2.27. The van der Waals surface area contributed by atoms with Crippen LogP contribution in [0.5, 0.6) is 0 Å². The molecule has 0 spiro atoms. The SMILES string of the molecule is C[C@H]1[C@@H](NC(=O)CSCC(=O)O)CCC[C@@H]1C. The number of hydrogen-bond donors (Lipinski definition) is 2. The second-order valence-electron chi connectivity index (χ2n) is 4.83. The number of aliphatic carboxylic acids is 1. The number of thioether (sulfide) groups is 1. The molecular formula is C12H21NO3S. The van der Waals surface area contributed by atoms with Gasteiger partial charge in [0.15, 0.2) is 0 Å². The Labute approximate surface area is 107 Å². The summed E-state index contributed by atoms with van der Waals surface area (Å²) in [5, 5.41) is 11.5. The van der Waals surface area contributed by atoms with Gasteiger partial charge in [-0.2, -0.15) is 0 Å². The molecule has 0 aromatic rings. The molecule has 17 heavy (non-hydrogen) atoms. The molecule has 5 heteroatoms. The Morgan fingerprint density at radius 2 is 2.00 bits per heavy atom. The molecule has 0 aromatic carbocycles. The van der Waals surface area contributed by atoms with Gasteiger partial charge in [-0.05, 0) is 18.3 Å². The summed E-state index contributed by atoms with van der Waals surface area (Å²) in [6, 6.07) is 0.261. The third-order valence-electron chi connectivity index (χ3n) is 3.51. The van der Waals surface area contributed by atoms with Gasteiger partial charge in [0.05, 0.1) is 11.5 Å². The van der Waals surface area contributed by atoms with Crippen LogP contribution < -0.4 is 5.32 Å². The van der Waals surface area contributed by atoms with Gasteiger partial charge in [-0.15, -0.1) is 11.8 Å². The van der Waals surface area contributed by atoms with Gasteiger partial charge < -0.3 is 10.4 Å². The van der Waals surface area contributed by atoms with E-state index in [1.807, 2.05) is 0 Å². The van der Waals surface area contributed by atoms with Gasteiger partial charge in [0, 0.05) is 6.04 Å². The normalized spacial score (nSPS) is 28.7. The van der Waals surface area contributed by atoms with Gasteiger partial charge in [-0.3, -0.25) is 9.59 Å². The van der Waals surface area contributed by atoms with E-state index in [1.54, 1.807) is 0 Å². The predicted octanol–water partition coefficient (Wildman–Crippen LogP) is 1.75. The zero-order valence-electron chi connectivity index (χ0n) is 10.4. The zero-order valence-corrected chi connectivity index (χ0v) is 11.3. The summed E-state index contributed by atoms with van der Waals surface area (Å²) in [7, 11) is 0. The van der Waals surface area contributed by atoms with Gasteiger partial charge in [0.25, 0.3) is 0 Å². The van der Waals surface area contributed by atoms with Crippen LogP contribution in [-0.2, 0) is 9.59 Å². The maximum absolute atomic E-state index is 11.6. The van der Waals surface area contributed by atoms with E-state index in [1.165, 1.54) is 12.8 Å². The van der Waals surface area contributed by atoms with E-state index in [0.29, 0.717) is 11.8 Å². The summed E-state index contributed by atoms with van der Waals surface area (Å²) in [5.41, 5.74) is 0. The van der Waals surface area contributed by atoms with E-state index in [0.717, 1.165) is 18.2 Å². The second-order valence-corrected chi connectivity index (χ2v) is 5.81. The summed E-state index contributed by atoms with van der Waals surface area (Å²) < 4.78 is 0. The van der Waals surface area contributed by atoms with E-state index in [4.69, 9.17) is 5.11 Å². The molecular weight excluding hydrogens is 238 g/mol. The van der Waals surface area contributed by atoms with Crippen molar-refractivity contribution >= 4 is 23.6 Å². The minimum absolute atomic E-state index is 0.00988. The fourth-order valence-corrected chi connectivity index (χ4v) is 2.81. The predicted molar refractivity (Wildman–Crippen MR) is 69.1 cm³/mol. The number of carboxylic acids is 1. The summed E-state index contributed by atoms with van der Waals surface area (Å²) in [5.74, 6) is 0.482. The van der Waals surface area contributed by atoms with Crippen LogP contribution in [0.4, 0.5) is 0 Å². The van der Waals surface area contributed by atoms with Crippen molar-refractivity contribution in [3.63, 3.8) is 0 Å². The minimum Gasteiger partial charge on any atom is -0.481 e. The molecule has 1 saturated carbocycles. The second kappa shape index (κ2) is 6.89. The quantitative estimate of drug-likeness (QED) is 0.789. The van der Waals surface area contributed by atoms with Crippen molar-refractivity contribution in [2.24, 2.45) is 11.8 Å². The molecule has 4 nitrogen and oxygen atoms in total. The van der Waals surface area contributed by atoms with Crippen LogP contribution in [0.2, 0.25) is 0 Å². The molecule has 2 N–H and O–H groups in total. The van der Waals surface area contributed by atoms with Crippen molar-refractivity contribution in [3.05, 3.63) is 0 Å². The van der Waals surface area contributed by atoms with Crippen LogP contribution >= 0.6 is 11.8 Å². The molecule has 3 atom stereocenters. The van der Waals surface area contributed by atoms with E-state index < -0.39 is 5.97 Å². The molecule has 0 aromatic heterocycles. The number of carbonyl (C=O) groups is 2. The lowest BCUT2D eigenvalue weighted by molar-refractivity contribution is -0.133. The largest absolute Gasteiger partial charge is 0.481 e. The van der Waals surface area contributed by atoms with Crippen molar-refractivity contribution in [3.8, 4) is 0 Å². The van der Waals surface area contributed by atoms with Crippen molar-refractivity contribution in [1.29, 1.82) is 0 Å². The van der Waals surface area contributed by atoms with Crippen LogP contribution in [-0.4, -0.2) is 34.5 Å². The molecule has 0 radical (unpaired) electrons. The molecule has 1 amide bonds. The van der Waals surface area contributed by atoms with Gasteiger partial charge in [0.1, 0.15) is 0 Å². The van der Waals surface area contributed by atoms with E-state index in [-0.39, 0.29) is 23.5 Å². The lowest BCUT2D eigenvalue weighted by atomic mass is 9.78. The van der Waals surface area contributed by atoms with Crippen LogP contribution in [0.25, 0.3) is 0 Å². The van der Waals surface area contributed by atoms with Gasteiger partial charge in [0.2, 0.25) is 5.91 Å². The smallest absolute Gasteiger partial charge is 0.313 e. The Morgan fingerprint density at radius 1 is 1.29 bits per heavy atom. The number of nitrogens with one attached hydrogen (secondary N) is 1. The highest BCUT2D eigenvalue weighted by Gasteiger charge is 2.27. The molecule has 0 saturated heterocycles.